The topological polar surface area (TPSA) is 61.6 Å². The van der Waals surface area contributed by atoms with E-state index >= 15 is 0 Å². The Morgan fingerprint density at radius 2 is 0.446 bits per heavy atom. The molecule has 19 aliphatic rings. The number of piperidine rings is 2. The predicted molar refractivity (Wildman–Crippen MR) is 603 cm³/mol. The molecule has 0 aromatic heterocycles. The zero-order valence-corrected chi connectivity index (χ0v) is 100. The van der Waals surface area contributed by atoms with Crippen molar-refractivity contribution in [2.24, 2.45) is 51.2 Å². The summed E-state index contributed by atoms with van der Waals surface area (Å²) in [5, 5.41) is 0. The van der Waals surface area contributed by atoms with Gasteiger partial charge in [-0.05, 0) is 437 Å². The lowest BCUT2D eigenvalue weighted by molar-refractivity contribution is -0.0662. The van der Waals surface area contributed by atoms with Gasteiger partial charge in [-0.3, -0.25) is 53.9 Å². The monoisotopic (exact) mass is 1950 g/mol. The zero-order valence-electron chi connectivity index (χ0n) is 100. The molecule has 0 radical (unpaired) electrons. The molecule has 19 rings (SSSR count). The van der Waals surface area contributed by atoms with Crippen molar-refractivity contribution >= 4 is 0 Å². The molecule has 19 nitrogen and oxygen atoms in total. The molecule has 17 fully saturated rings. The van der Waals surface area contributed by atoms with Crippen LogP contribution < -0.4 is 0 Å². The number of hydrogen-bond acceptors (Lipinski definition) is 19. The minimum atomic E-state index is 0.568. The van der Waals surface area contributed by atoms with Crippen molar-refractivity contribution in [3.8, 4) is 0 Å². The summed E-state index contributed by atoms with van der Waals surface area (Å²) < 4.78 is 0. The van der Waals surface area contributed by atoms with Crippen LogP contribution in [0.1, 0.15) is 354 Å². The van der Waals surface area contributed by atoms with E-state index in [-0.39, 0.29) is 0 Å². The minimum Gasteiger partial charge on any atom is -0.301 e. The molecule has 0 aromatic rings. The van der Waals surface area contributed by atoms with Gasteiger partial charge < -0.3 is 39.2 Å². The van der Waals surface area contributed by atoms with Gasteiger partial charge >= 0.3 is 0 Å². The molecule has 3 unspecified atom stereocenters. The van der Waals surface area contributed by atoms with Gasteiger partial charge in [0.2, 0.25) is 0 Å². The largest absolute Gasteiger partial charge is 0.301 e. The molecule has 5 spiro atoms. The van der Waals surface area contributed by atoms with Gasteiger partial charge in [-0.2, -0.15) is 0 Å². The fourth-order valence-electron chi connectivity index (χ4n) is 28.3. The molecule has 0 amide bonds. The van der Waals surface area contributed by atoms with Crippen LogP contribution in [0, 0.1) is 51.2 Å². The van der Waals surface area contributed by atoms with Crippen LogP contribution in [0.2, 0.25) is 0 Å². The molecule has 139 heavy (non-hydrogen) atoms. The SMILES string of the molecule is CC(C)CC1CN(C(C)C)C1.CC(C)N1CC2=C(C1)CN(C(C)C)C2.CC(C)N1CC2CN(C(C)C)CC2C1.CC(C)N1CCC2(C1)CN(C(C)C)C2.CC(C)N1CCC2(CC1)CN(C(C)C)C2.CC(C)N1CCC2(CC1)CN(C(C)C)C2.CC(C)N1CCC2(CCN(C(C)C)C2)C1.CC(C)N1CCC2(CCN2C(C)C)C1.CC(C)N1CCC2C1CCN2C(C)C.CC(C)N1C[C@@H]2CN(C(C)C)[C@@H]2C1. The van der Waals surface area contributed by atoms with Gasteiger partial charge in [0.05, 0.1) is 0 Å². The first-order valence-electron chi connectivity index (χ1n) is 59.9. The third-order valence-corrected chi connectivity index (χ3v) is 39.1. The van der Waals surface area contributed by atoms with Crippen molar-refractivity contribution in [1.29, 1.82) is 0 Å². The van der Waals surface area contributed by atoms with E-state index in [0.717, 1.165) is 150 Å². The molecular weight excluding hydrogens is 1710 g/mol. The van der Waals surface area contributed by atoms with Crippen molar-refractivity contribution in [2.45, 2.75) is 492 Å². The Labute approximate surface area is 865 Å². The highest BCUT2D eigenvalue weighted by Gasteiger charge is 2.54. The second-order valence-electron chi connectivity index (χ2n) is 55.7. The Hall–Kier alpha value is -1.02. The quantitative estimate of drug-likeness (QED) is 0.102. The van der Waals surface area contributed by atoms with Crippen molar-refractivity contribution < 1.29 is 0 Å². The third-order valence-electron chi connectivity index (χ3n) is 39.1. The van der Waals surface area contributed by atoms with E-state index in [4.69, 9.17) is 0 Å². The van der Waals surface area contributed by atoms with Crippen LogP contribution in [0.15, 0.2) is 11.1 Å². The summed E-state index contributed by atoms with van der Waals surface area (Å²) in [5.41, 5.74) is 6.70. The Kier molecular flexibility index (Phi) is 45.5. The first-order chi connectivity index (χ1) is 65.1. The molecule has 19 heterocycles. The summed E-state index contributed by atoms with van der Waals surface area (Å²) in [5.74, 6) is 4.77. The van der Waals surface area contributed by atoms with Crippen molar-refractivity contribution in [3.63, 3.8) is 0 Å². The molecule has 0 aromatic carbocycles. The second-order valence-corrected chi connectivity index (χ2v) is 55.7. The third kappa shape index (κ3) is 32.1. The molecule has 19 aliphatic heterocycles. The van der Waals surface area contributed by atoms with Crippen LogP contribution in [-0.2, 0) is 0 Å². The molecule has 0 bridgehead atoms. The first kappa shape index (κ1) is 120. The fraction of sp³-hybridized carbons (Fsp3) is 0.983. The van der Waals surface area contributed by atoms with Crippen LogP contribution >= 0.6 is 0 Å². The Morgan fingerprint density at radius 3 is 0.719 bits per heavy atom. The van der Waals surface area contributed by atoms with Crippen LogP contribution in [0.3, 0.4) is 0 Å². The standard InChI is InChI=1S/3C13H26N2.C12H24N2.C12H22N2.3C12H24N2.C11H22N2.C10H21N/c1-11(2)14-7-5-13(9-14)6-8-15(10-13)12(3)4;2*1-11(2)14-7-5-13(6-8-14)9-15(10-13)12(3)4;2*1-9(2)13-5-11-7-14(10(3)4)8-12(11)6-13;1-10(2)13-7-5-12(9-13)6-8-14(12)11(3)4;1-9(2)13-7-5-12-11(13)6-8-14(12)10(3)4;1-10(2)13-6-5-12(7-13)8-14(9-12)11(3)4;1-8(2)12-5-10-6-13(9(3)4)11(10)7-12;1-8(2)5-10-6-11(7-10)9(3)4/h3*11-12H,5-10H2,1-4H3;9-12H,5-8H2,1-4H3;9-10H,5-8H2,1-4H3;10-11H,5-9H2,1-4H3;9-12H,5-8H2,1-4H3;10-11H,5-9H2,1-4H3;8-11H,5-7H2,1-4H3;8-10H,5-7H2,1-4H3/t;;;;;;;;10-,11-;/m........1./s1. The van der Waals surface area contributed by atoms with Crippen LogP contribution in [0.5, 0.6) is 0 Å². The van der Waals surface area contributed by atoms with E-state index in [9.17, 15) is 0 Å². The normalized spacial score (nSPS) is 29.7. The summed E-state index contributed by atoms with van der Waals surface area (Å²) in [6, 6.07) is 16.6. The van der Waals surface area contributed by atoms with E-state index in [1.54, 1.807) is 11.1 Å². The van der Waals surface area contributed by atoms with Crippen LogP contribution in [-0.4, -0.2) is 454 Å². The smallest absolute Gasteiger partial charge is 0.0363 e. The van der Waals surface area contributed by atoms with Gasteiger partial charge in [-0.1, -0.05) is 13.8 Å². The van der Waals surface area contributed by atoms with E-state index in [2.05, 4.69) is 370 Å². The summed E-state index contributed by atoms with van der Waals surface area (Å²) in [4.78, 5) is 50.0. The lowest BCUT2D eigenvalue weighted by atomic mass is 9.71. The number of likely N-dealkylation sites (tertiary alicyclic amines) is 17. The van der Waals surface area contributed by atoms with E-state index < -0.39 is 0 Å². The first-order valence-corrected chi connectivity index (χ1v) is 59.9. The number of nitrogens with zero attached hydrogens (tertiary/aromatic N) is 19. The summed E-state index contributed by atoms with van der Waals surface area (Å²) in [6.07, 6.45) is 17.0. The Bertz CT molecular complexity index is 3290. The highest BCUT2D eigenvalue weighted by atomic mass is 15.4. The van der Waals surface area contributed by atoms with Gasteiger partial charge in [0.15, 0.2) is 0 Å². The predicted octanol–water partition coefficient (Wildman–Crippen LogP) is 19.5. The number of fused-ring (bicyclic) bond motifs is 3. The lowest BCUT2D eigenvalue weighted by Crippen LogP contribution is -2.63. The maximum absolute atomic E-state index is 2.70. The summed E-state index contributed by atoms with van der Waals surface area (Å²) in [6.45, 7) is 138. The van der Waals surface area contributed by atoms with Crippen LogP contribution in [0.25, 0.3) is 0 Å². The number of rotatable bonds is 21. The molecule has 0 saturated carbocycles. The van der Waals surface area contributed by atoms with E-state index in [1.807, 2.05) is 0 Å². The fourth-order valence-corrected chi connectivity index (χ4v) is 28.3. The maximum Gasteiger partial charge on any atom is 0.0363 e. The van der Waals surface area contributed by atoms with E-state index in [1.165, 1.54) is 300 Å². The number of hydrogen-bond donors (Lipinski definition) is 0. The molecule has 5 atom stereocenters. The van der Waals surface area contributed by atoms with Crippen LogP contribution in [0.4, 0.5) is 0 Å². The Morgan fingerprint density at radius 1 is 0.194 bits per heavy atom. The molecule has 0 N–H and O–H groups in total. The van der Waals surface area contributed by atoms with E-state index in [0.29, 0.717) is 39.3 Å². The minimum absolute atomic E-state index is 0.568. The van der Waals surface area contributed by atoms with Crippen molar-refractivity contribution in [3.05, 3.63) is 11.1 Å². The summed E-state index contributed by atoms with van der Waals surface area (Å²) >= 11 is 0. The van der Waals surface area contributed by atoms with Crippen molar-refractivity contribution in [2.75, 3.05) is 223 Å². The van der Waals surface area contributed by atoms with Gasteiger partial charge in [-0.25, -0.2) is 0 Å². The highest BCUT2D eigenvalue weighted by Crippen LogP contribution is 2.48. The molecule has 17 saturated heterocycles. The lowest BCUT2D eigenvalue weighted by Gasteiger charge is -2.56. The molecule has 814 valence electrons. The molecule has 19 heteroatoms. The molecule has 0 aliphatic carbocycles. The average Bonchev–Trinajstić information content (AvgIpc) is 1.64. The van der Waals surface area contributed by atoms with Gasteiger partial charge in [0.25, 0.3) is 0 Å². The highest BCUT2D eigenvalue weighted by molar-refractivity contribution is 5.31. The maximum atomic E-state index is 2.70. The van der Waals surface area contributed by atoms with Gasteiger partial charge in [-0.15, -0.1) is 0 Å². The second kappa shape index (κ2) is 52.8. The Balaban J connectivity index is 0.000000159. The van der Waals surface area contributed by atoms with Gasteiger partial charge in [0, 0.05) is 327 Å². The van der Waals surface area contributed by atoms with Crippen molar-refractivity contribution in [1.82, 2.24) is 93.1 Å². The molecular formula is C120H239N19. The summed E-state index contributed by atoms with van der Waals surface area (Å²) in [7, 11) is 0. The average molecular weight is 1950 g/mol. The van der Waals surface area contributed by atoms with Gasteiger partial charge in [0.1, 0.15) is 0 Å². The zero-order chi connectivity index (χ0) is 103.